The van der Waals surface area contributed by atoms with Crippen LogP contribution in [0.5, 0.6) is 0 Å². The van der Waals surface area contributed by atoms with Gasteiger partial charge in [0.25, 0.3) is 0 Å². The van der Waals surface area contributed by atoms with Crippen LogP contribution in [0.15, 0.2) is 24.5 Å². The molecule has 0 aliphatic carbocycles. The summed E-state index contributed by atoms with van der Waals surface area (Å²) in [7, 11) is 0. The van der Waals surface area contributed by atoms with Gasteiger partial charge >= 0.3 is 6.03 Å². The van der Waals surface area contributed by atoms with Crippen molar-refractivity contribution < 1.29 is 9.90 Å². The number of hydrogen-bond donors (Lipinski definition) is 3. The van der Waals surface area contributed by atoms with Crippen molar-refractivity contribution in [1.29, 1.82) is 0 Å². The fourth-order valence-electron chi connectivity index (χ4n) is 1.57. The van der Waals surface area contributed by atoms with Crippen LogP contribution in [0.25, 0.3) is 0 Å². The summed E-state index contributed by atoms with van der Waals surface area (Å²) < 4.78 is 0. The van der Waals surface area contributed by atoms with Gasteiger partial charge in [-0.2, -0.15) is 0 Å². The van der Waals surface area contributed by atoms with Gasteiger partial charge in [0.15, 0.2) is 0 Å². The lowest BCUT2D eigenvalue weighted by atomic mass is 10.2. The Balaban J connectivity index is 2.10. The molecule has 0 saturated carbocycles. The van der Waals surface area contributed by atoms with Crippen LogP contribution in [0.3, 0.4) is 0 Å². The SMILES string of the molecule is CCCC(O)CNC(=O)NCCc1cccnc1. The normalized spacial score (nSPS) is 11.9. The molecular formula is C13H21N3O2. The Morgan fingerprint density at radius 3 is 3.00 bits per heavy atom. The molecule has 0 aliphatic rings. The van der Waals surface area contributed by atoms with Crippen molar-refractivity contribution in [2.45, 2.75) is 32.3 Å². The van der Waals surface area contributed by atoms with Gasteiger partial charge in [0.05, 0.1) is 6.10 Å². The summed E-state index contributed by atoms with van der Waals surface area (Å²) in [4.78, 5) is 15.4. The van der Waals surface area contributed by atoms with Crippen molar-refractivity contribution in [2.75, 3.05) is 13.1 Å². The molecule has 100 valence electrons. The first-order chi connectivity index (χ1) is 8.72. The Bertz CT molecular complexity index is 343. The summed E-state index contributed by atoms with van der Waals surface area (Å²) in [5.41, 5.74) is 1.09. The van der Waals surface area contributed by atoms with Crippen LogP contribution in [0, 0.1) is 0 Å². The maximum Gasteiger partial charge on any atom is 0.314 e. The van der Waals surface area contributed by atoms with Gasteiger partial charge in [-0.3, -0.25) is 4.98 Å². The van der Waals surface area contributed by atoms with Crippen molar-refractivity contribution in [3.05, 3.63) is 30.1 Å². The predicted octanol–water partition coefficient (Wildman–Crippen LogP) is 1.08. The Labute approximate surface area is 108 Å². The maximum absolute atomic E-state index is 11.4. The van der Waals surface area contributed by atoms with Crippen molar-refractivity contribution in [2.24, 2.45) is 0 Å². The molecule has 5 nitrogen and oxygen atoms in total. The lowest BCUT2D eigenvalue weighted by Gasteiger charge is -2.11. The quantitative estimate of drug-likeness (QED) is 0.679. The van der Waals surface area contributed by atoms with E-state index in [1.807, 2.05) is 19.1 Å². The number of hydrogen-bond acceptors (Lipinski definition) is 3. The number of nitrogens with zero attached hydrogens (tertiary/aromatic N) is 1. The van der Waals surface area contributed by atoms with Crippen LogP contribution in [-0.4, -0.2) is 35.3 Å². The van der Waals surface area contributed by atoms with E-state index in [4.69, 9.17) is 0 Å². The lowest BCUT2D eigenvalue weighted by molar-refractivity contribution is 0.160. The van der Waals surface area contributed by atoms with Crippen LogP contribution < -0.4 is 10.6 Å². The van der Waals surface area contributed by atoms with Gasteiger partial charge in [0.2, 0.25) is 0 Å². The number of amides is 2. The number of pyridine rings is 1. The molecule has 1 unspecified atom stereocenters. The third-order valence-electron chi connectivity index (χ3n) is 2.54. The number of rotatable bonds is 7. The van der Waals surface area contributed by atoms with Gasteiger partial charge in [-0.15, -0.1) is 0 Å². The molecule has 1 heterocycles. The van der Waals surface area contributed by atoms with Crippen molar-refractivity contribution in [1.82, 2.24) is 15.6 Å². The highest BCUT2D eigenvalue weighted by molar-refractivity contribution is 5.73. The first kappa shape index (κ1) is 14.4. The molecule has 0 saturated heterocycles. The second-order valence-electron chi connectivity index (χ2n) is 4.19. The third-order valence-corrected chi connectivity index (χ3v) is 2.54. The van der Waals surface area contributed by atoms with Gasteiger partial charge in [-0.05, 0) is 24.5 Å². The molecule has 18 heavy (non-hydrogen) atoms. The lowest BCUT2D eigenvalue weighted by Crippen LogP contribution is -2.40. The molecule has 0 aromatic carbocycles. The summed E-state index contributed by atoms with van der Waals surface area (Å²) in [5, 5.41) is 14.8. The van der Waals surface area contributed by atoms with Crippen molar-refractivity contribution in [3.63, 3.8) is 0 Å². The minimum Gasteiger partial charge on any atom is -0.391 e. The number of carbonyl (C=O) groups excluding carboxylic acids is 1. The van der Waals surface area contributed by atoms with Crippen molar-refractivity contribution in [3.8, 4) is 0 Å². The zero-order chi connectivity index (χ0) is 13.2. The molecule has 3 N–H and O–H groups in total. The number of carbonyl (C=O) groups is 1. The fraction of sp³-hybridized carbons (Fsp3) is 0.538. The second-order valence-corrected chi connectivity index (χ2v) is 4.19. The van der Waals surface area contributed by atoms with E-state index in [1.165, 1.54) is 0 Å². The number of aromatic nitrogens is 1. The van der Waals surface area contributed by atoms with E-state index in [0.717, 1.165) is 18.4 Å². The molecule has 0 spiro atoms. The summed E-state index contributed by atoms with van der Waals surface area (Å²) >= 11 is 0. The summed E-state index contributed by atoms with van der Waals surface area (Å²) in [6, 6.07) is 3.60. The van der Waals surface area contributed by atoms with Gasteiger partial charge in [0, 0.05) is 25.5 Å². The smallest absolute Gasteiger partial charge is 0.314 e. The van der Waals surface area contributed by atoms with Gasteiger partial charge in [-0.25, -0.2) is 4.79 Å². The first-order valence-corrected chi connectivity index (χ1v) is 6.31. The van der Waals surface area contributed by atoms with E-state index in [2.05, 4.69) is 15.6 Å². The maximum atomic E-state index is 11.4. The molecular weight excluding hydrogens is 230 g/mol. The molecule has 1 rings (SSSR count). The van der Waals surface area contributed by atoms with E-state index >= 15 is 0 Å². The van der Waals surface area contributed by atoms with Gasteiger partial charge in [0.1, 0.15) is 0 Å². The highest BCUT2D eigenvalue weighted by Crippen LogP contribution is 1.95. The highest BCUT2D eigenvalue weighted by atomic mass is 16.3. The fourth-order valence-corrected chi connectivity index (χ4v) is 1.57. The van der Waals surface area contributed by atoms with E-state index in [9.17, 15) is 9.90 Å². The Morgan fingerprint density at radius 1 is 1.50 bits per heavy atom. The molecule has 0 fully saturated rings. The van der Waals surface area contributed by atoms with E-state index in [1.54, 1.807) is 12.4 Å². The van der Waals surface area contributed by atoms with Gasteiger partial charge < -0.3 is 15.7 Å². The molecule has 1 aromatic rings. The van der Waals surface area contributed by atoms with Crippen LogP contribution in [0.4, 0.5) is 4.79 Å². The largest absolute Gasteiger partial charge is 0.391 e. The Hall–Kier alpha value is -1.62. The van der Waals surface area contributed by atoms with Gasteiger partial charge in [-0.1, -0.05) is 19.4 Å². The van der Waals surface area contributed by atoms with Crippen LogP contribution in [0.2, 0.25) is 0 Å². The number of nitrogens with one attached hydrogen (secondary N) is 2. The minimum atomic E-state index is -0.459. The zero-order valence-corrected chi connectivity index (χ0v) is 10.7. The number of aliphatic hydroxyl groups excluding tert-OH is 1. The predicted molar refractivity (Wildman–Crippen MR) is 70.3 cm³/mol. The van der Waals surface area contributed by atoms with Crippen molar-refractivity contribution >= 4 is 6.03 Å². The summed E-state index contributed by atoms with van der Waals surface area (Å²) in [6.07, 6.45) is 5.41. The van der Waals surface area contributed by atoms with Crippen LogP contribution >= 0.6 is 0 Å². The molecule has 0 radical (unpaired) electrons. The average molecular weight is 251 g/mol. The molecule has 2 amide bonds. The first-order valence-electron chi connectivity index (χ1n) is 6.31. The Morgan fingerprint density at radius 2 is 2.33 bits per heavy atom. The van der Waals surface area contributed by atoms with Crippen LogP contribution in [0.1, 0.15) is 25.3 Å². The Kier molecular flexibility index (Phi) is 6.79. The minimum absolute atomic E-state index is 0.242. The van der Waals surface area contributed by atoms with E-state index in [0.29, 0.717) is 19.5 Å². The molecule has 1 aromatic heterocycles. The molecule has 1 atom stereocenters. The topological polar surface area (TPSA) is 74.2 Å². The molecule has 0 bridgehead atoms. The van der Waals surface area contributed by atoms with Crippen LogP contribution in [-0.2, 0) is 6.42 Å². The number of aliphatic hydroxyl groups is 1. The molecule has 5 heteroatoms. The number of urea groups is 1. The van der Waals surface area contributed by atoms with E-state index < -0.39 is 6.10 Å². The molecule has 0 aliphatic heterocycles. The standard InChI is InChI=1S/C13H21N3O2/c1-2-4-12(17)10-16-13(18)15-8-6-11-5-3-7-14-9-11/h3,5,7,9,12,17H,2,4,6,8,10H2,1H3,(H2,15,16,18). The zero-order valence-electron chi connectivity index (χ0n) is 10.7. The third kappa shape index (κ3) is 6.20. The summed E-state index contributed by atoms with van der Waals surface area (Å²) in [5.74, 6) is 0. The highest BCUT2D eigenvalue weighted by Gasteiger charge is 2.05. The monoisotopic (exact) mass is 251 g/mol. The summed E-state index contributed by atoms with van der Waals surface area (Å²) in [6.45, 7) is 2.85. The average Bonchev–Trinajstić information content (AvgIpc) is 2.38. The second kappa shape index (κ2) is 8.47. The van der Waals surface area contributed by atoms with E-state index in [-0.39, 0.29) is 6.03 Å².